The highest BCUT2D eigenvalue weighted by Crippen LogP contribution is 2.19. The number of amides is 10. The van der Waals surface area contributed by atoms with Crippen LogP contribution in [0.15, 0.2) is 60.8 Å². The number of nitrogens with one attached hydrogen (secondary N) is 9. The van der Waals surface area contributed by atoms with Crippen LogP contribution in [0.5, 0.6) is 0 Å². The number of aromatic nitrogens is 1. The Morgan fingerprint density at radius 1 is 0.726 bits per heavy atom. The van der Waals surface area contributed by atoms with Crippen molar-refractivity contribution in [2.45, 2.75) is 88.5 Å². The summed E-state index contributed by atoms with van der Waals surface area (Å²) in [5, 5.41) is 20.9. The molecular formula is C41H53N11O10. The molecule has 2 heterocycles. The van der Waals surface area contributed by atoms with E-state index in [9.17, 15) is 47.9 Å². The average Bonchev–Trinajstić information content (AvgIpc) is 3.64. The lowest BCUT2D eigenvalue weighted by atomic mass is 10.0. The molecule has 21 heteroatoms. The largest absolute Gasteiger partial charge is 0.370 e. The Kier molecular flexibility index (Phi) is 17.9. The predicted molar refractivity (Wildman–Crippen MR) is 223 cm³/mol. The Morgan fingerprint density at radius 3 is 2.11 bits per heavy atom. The first-order chi connectivity index (χ1) is 29.6. The third-order valence-electron chi connectivity index (χ3n) is 9.86. The van der Waals surface area contributed by atoms with Gasteiger partial charge in [-0.3, -0.25) is 47.9 Å². The van der Waals surface area contributed by atoms with Gasteiger partial charge < -0.3 is 59.0 Å². The molecule has 2 aromatic carbocycles. The third-order valence-corrected chi connectivity index (χ3v) is 9.86. The van der Waals surface area contributed by atoms with Crippen molar-refractivity contribution < 1.29 is 47.9 Å². The molecule has 4 rings (SSSR count). The first kappa shape index (κ1) is 47.4. The Bertz CT molecular complexity index is 2130. The fraction of sp³-hybridized carbons (Fsp3) is 0.415. The number of para-hydroxylation sites is 1. The molecule has 1 aliphatic heterocycles. The van der Waals surface area contributed by atoms with Crippen molar-refractivity contribution in [1.29, 1.82) is 0 Å². The molecular weight excluding hydrogens is 807 g/mol. The van der Waals surface area contributed by atoms with Gasteiger partial charge in [0.25, 0.3) is 0 Å². The van der Waals surface area contributed by atoms with E-state index in [0.29, 0.717) is 11.1 Å². The van der Waals surface area contributed by atoms with Gasteiger partial charge in [0.2, 0.25) is 59.1 Å². The van der Waals surface area contributed by atoms with Gasteiger partial charge in [0.15, 0.2) is 0 Å². The van der Waals surface area contributed by atoms with E-state index in [1.54, 1.807) is 42.6 Å². The van der Waals surface area contributed by atoms with Crippen LogP contribution in [0, 0.1) is 0 Å². The summed E-state index contributed by atoms with van der Waals surface area (Å²) in [6.07, 6.45) is 0.547. The molecule has 332 valence electrons. The maximum absolute atomic E-state index is 13.9. The van der Waals surface area contributed by atoms with Gasteiger partial charge >= 0.3 is 0 Å². The average molecular weight is 860 g/mol. The molecule has 0 bridgehead atoms. The lowest BCUT2D eigenvalue weighted by molar-refractivity contribution is -0.134. The highest BCUT2D eigenvalue weighted by molar-refractivity contribution is 5.97. The number of hydrogen-bond donors (Lipinski definition) is 11. The number of primary amides is 2. The van der Waals surface area contributed by atoms with Crippen molar-refractivity contribution in [3.05, 3.63) is 71.9 Å². The Labute approximate surface area is 356 Å². The van der Waals surface area contributed by atoms with Crippen LogP contribution in [0.4, 0.5) is 0 Å². The van der Waals surface area contributed by atoms with Gasteiger partial charge in [0.05, 0.1) is 13.1 Å². The monoisotopic (exact) mass is 859 g/mol. The molecule has 21 nitrogen and oxygen atoms in total. The van der Waals surface area contributed by atoms with Crippen molar-refractivity contribution in [2.75, 3.05) is 19.6 Å². The zero-order valence-corrected chi connectivity index (χ0v) is 34.2. The van der Waals surface area contributed by atoms with E-state index >= 15 is 0 Å². The van der Waals surface area contributed by atoms with Gasteiger partial charge in [-0.1, -0.05) is 48.5 Å². The number of benzene rings is 2. The summed E-state index contributed by atoms with van der Waals surface area (Å²) in [4.78, 5) is 133. The minimum Gasteiger partial charge on any atom is -0.370 e. The van der Waals surface area contributed by atoms with Gasteiger partial charge in [-0.05, 0) is 42.9 Å². The standard InChI is InChI=1S/C41H53N11O10/c1-23(53)45-21-35(56)48-30-16-17-44-34(55)13-7-12-28(37(43)58)50-41(62)32(19-25-20-46-27-11-6-5-10-26(25)27)49-36(57)22-47-38(59)31(18-24-8-3-2-4-9-24)52-39(60)29(51-40(30)61)14-15-33(42)54/h2-6,8-11,20,28-32,46H,7,12-19,21-22H2,1H3,(H2,42,54)(H2,43,58)(H,44,55)(H,45,53)(H,47,59)(H,48,56)(H,49,57)(H,50,62)(H,51,61)(H,52,60)/t28?,29-,30?,31?,32-/m0/s1. The molecule has 0 radical (unpaired) electrons. The molecule has 3 aromatic rings. The molecule has 1 saturated heterocycles. The third kappa shape index (κ3) is 15.4. The molecule has 1 fully saturated rings. The second-order valence-electron chi connectivity index (χ2n) is 14.7. The van der Waals surface area contributed by atoms with Gasteiger partial charge in [-0.15, -0.1) is 0 Å². The van der Waals surface area contributed by atoms with Crippen molar-refractivity contribution in [1.82, 2.24) is 47.5 Å². The number of carbonyl (C=O) groups excluding carboxylic acids is 10. The summed E-state index contributed by atoms with van der Waals surface area (Å²) >= 11 is 0. The normalized spacial score (nSPS) is 21.5. The summed E-state index contributed by atoms with van der Waals surface area (Å²) < 4.78 is 0. The molecule has 0 aliphatic carbocycles. The van der Waals surface area contributed by atoms with Crippen LogP contribution in [-0.2, 0) is 60.8 Å². The second kappa shape index (κ2) is 23.5. The number of nitrogens with two attached hydrogens (primary N) is 2. The van der Waals surface area contributed by atoms with Crippen molar-refractivity contribution in [2.24, 2.45) is 11.5 Å². The molecule has 10 amide bonds. The van der Waals surface area contributed by atoms with E-state index < -0.39 is 102 Å². The van der Waals surface area contributed by atoms with Crippen molar-refractivity contribution in [3.63, 3.8) is 0 Å². The number of H-pyrrole nitrogens is 1. The maximum atomic E-state index is 13.9. The lowest BCUT2D eigenvalue weighted by Gasteiger charge is -2.25. The van der Waals surface area contributed by atoms with Crippen LogP contribution in [0.2, 0.25) is 0 Å². The van der Waals surface area contributed by atoms with Crippen LogP contribution < -0.4 is 54.0 Å². The fourth-order valence-electron chi connectivity index (χ4n) is 6.61. The van der Waals surface area contributed by atoms with E-state index in [4.69, 9.17) is 11.5 Å². The van der Waals surface area contributed by atoms with E-state index in [2.05, 4.69) is 47.5 Å². The SMILES string of the molecule is CC(=O)NCC(=O)NC1CCNC(=O)CCCC(C(N)=O)NC(=O)[C@H](Cc2c[nH]c3ccccc23)NC(=O)CNC(=O)C(Cc2ccccc2)NC(=O)[C@H](CCC(N)=O)NC1=O. The van der Waals surface area contributed by atoms with Crippen LogP contribution in [0.25, 0.3) is 10.9 Å². The fourth-order valence-corrected chi connectivity index (χ4v) is 6.61. The van der Waals surface area contributed by atoms with E-state index in [-0.39, 0.29) is 57.9 Å². The number of carbonyl (C=O) groups is 10. The molecule has 0 spiro atoms. The van der Waals surface area contributed by atoms with E-state index in [0.717, 1.165) is 10.9 Å². The van der Waals surface area contributed by atoms with Gasteiger partial charge in [-0.25, -0.2) is 0 Å². The smallest absolute Gasteiger partial charge is 0.243 e. The maximum Gasteiger partial charge on any atom is 0.243 e. The van der Waals surface area contributed by atoms with E-state index in [1.165, 1.54) is 6.92 Å². The summed E-state index contributed by atoms with van der Waals surface area (Å²) in [5.41, 5.74) is 13.1. The first-order valence-corrected chi connectivity index (χ1v) is 20.0. The highest BCUT2D eigenvalue weighted by atomic mass is 16.2. The minimum atomic E-state index is -1.47. The molecule has 62 heavy (non-hydrogen) atoms. The van der Waals surface area contributed by atoms with Crippen LogP contribution in [0.1, 0.15) is 56.6 Å². The van der Waals surface area contributed by atoms with Gasteiger partial charge in [0.1, 0.15) is 30.2 Å². The number of rotatable bonds is 11. The molecule has 3 unspecified atom stereocenters. The molecule has 1 aromatic heterocycles. The van der Waals surface area contributed by atoms with Crippen LogP contribution >= 0.6 is 0 Å². The van der Waals surface area contributed by atoms with Crippen LogP contribution in [-0.4, -0.2) is 114 Å². The van der Waals surface area contributed by atoms with E-state index in [1.807, 2.05) is 18.2 Å². The number of fused-ring (bicyclic) bond motifs is 1. The molecule has 13 N–H and O–H groups in total. The second-order valence-corrected chi connectivity index (χ2v) is 14.7. The quantitative estimate of drug-likeness (QED) is 0.0933. The summed E-state index contributed by atoms with van der Waals surface area (Å²) in [6, 6.07) is 9.12. The minimum absolute atomic E-state index is 0.0385. The topological polar surface area (TPSA) is 335 Å². The Hall–Kier alpha value is -7.32. The summed E-state index contributed by atoms with van der Waals surface area (Å²) in [6.45, 7) is -0.133. The predicted octanol–water partition coefficient (Wildman–Crippen LogP) is -2.93. The molecule has 5 atom stereocenters. The van der Waals surface area contributed by atoms with Crippen LogP contribution in [0.3, 0.4) is 0 Å². The zero-order valence-electron chi connectivity index (χ0n) is 34.2. The Morgan fingerprint density at radius 2 is 1.40 bits per heavy atom. The Balaban J connectivity index is 1.65. The molecule has 0 saturated carbocycles. The zero-order chi connectivity index (χ0) is 45.2. The number of hydrogen-bond acceptors (Lipinski definition) is 10. The van der Waals surface area contributed by atoms with Crippen molar-refractivity contribution >= 4 is 70.0 Å². The summed E-state index contributed by atoms with van der Waals surface area (Å²) in [7, 11) is 0. The van der Waals surface area contributed by atoms with Gasteiger partial charge in [0, 0.05) is 56.3 Å². The summed E-state index contributed by atoms with van der Waals surface area (Å²) in [5.74, 6) is -7.67. The first-order valence-electron chi connectivity index (χ1n) is 20.0. The van der Waals surface area contributed by atoms with Gasteiger partial charge in [-0.2, -0.15) is 0 Å². The van der Waals surface area contributed by atoms with Crippen molar-refractivity contribution in [3.8, 4) is 0 Å². The number of aromatic amines is 1. The highest BCUT2D eigenvalue weighted by Gasteiger charge is 2.32. The lowest BCUT2D eigenvalue weighted by Crippen LogP contribution is -2.58. The molecule has 1 aliphatic rings.